The number of fused-ring (bicyclic) bond motifs is 1. The summed E-state index contributed by atoms with van der Waals surface area (Å²) in [5.41, 5.74) is 8.51. The highest BCUT2D eigenvalue weighted by Crippen LogP contribution is 2.37. The van der Waals surface area contributed by atoms with E-state index in [-0.39, 0.29) is 17.3 Å². The van der Waals surface area contributed by atoms with Gasteiger partial charge in [-0.15, -0.1) is 0 Å². The number of nitro benzene ring substituents is 1. The van der Waals surface area contributed by atoms with Crippen molar-refractivity contribution < 1.29 is 14.1 Å². The van der Waals surface area contributed by atoms with Crippen LogP contribution in [0.2, 0.25) is 0 Å². The van der Waals surface area contributed by atoms with Crippen molar-refractivity contribution in [1.82, 2.24) is 14.8 Å². The maximum atomic E-state index is 13.2. The Hall–Kier alpha value is -4.01. The van der Waals surface area contributed by atoms with Gasteiger partial charge in [0.25, 0.3) is 0 Å². The number of aromatic nitrogens is 3. The Kier molecular flexibility index (Phi) is 4.78. The molecule has 9 heteroatoms. The number of hydrogen-bond acceptors (Lipinski definition) is 6. The molecule has 0 amide bonds. The van der Waals surface area contributed by atoms with Crippen LogP contribution in [0.15, 0.2) is 54.7 Å². The summed E-state index contributed by atoms with van der Waals surface area (Å²) in [5, 5.41) is 16.7. The minimum Gasteiger partial charge on any atom is -0.479 e. The summed E-state index contributed by atoms with van der Waals surface area (Å²) in [6, 6.07) is 12.1. The fourth-order valence-corrected chi connectivity index (χ4v) is 3.33. The lowest BCUT2D eigenvalue weighted by Gasteiger charge is -2.16. The molecule has 0 saturated carbocycles. The number of halogens is 1. The molecule has 1 unspecified atom stereocenters. The summed E-state index contributed by atoms with van der Waals surface area (Å²) in [6.45, 7) is 1.74. The zero-order chi connectivity index (χ0) is 21.4. The van der Waals surface area contributed by atoms with Crippen LogP contribution in [0.5, 0.6) is 5.75 Å². The van der Waals surface area contributed by atoms with E-state index in [0.717, 1.165) is 5.52 Å². The van der Waals surface area contributed by atoms with Crippen LogP contribution in [0, 0.1) is 15.9 Å². The first-order valence-electron chi connectivity index (χ1n) is 9.13. The Morgan fingerprint density at radius 1 is 1.20 bits per heavy atom. The van der Waals surface area contributed by atoms with Gasteiger partial charge in [-0.3, -0.25) is 14.8 Å². The number of hydrogen-bond donors (Lipinski definition) is 1. The Bertz CT molecular complexity index is 1250. The predicted molar refractivity (Wildman–Crippen MR) is 110 cm³/mol. The molecule has 4 aromatic rings. The van der Waals surface area contributed by atoms with Gasteiger partial charge in [0.2, 0.25) is 0 Å². The average molecular weight is 407 g/mol. The van der Waals surface area contributed by atoms with Crippen molar-refractivity contribution in [1.29, 1.82) is 0 Å². The number of aryl methyl sites for hydroxylation is 1. The lowest BCUT2D eigenvalue weighted by molar-refractivity contribution is -0.386. The third-order valence-corrected chi connectivity index (χ3v) is 4.87. The number of nitrogens with zero attached hydrogens (tertiary/aromatic N) is 4. The standard InChI is InChI=1S/C21H18FN5O3/c1-12(13-3-6-15(22)7-4-13)30-18-11-14(5-8-16(18)27(28)29)20-19-17(26(2)25-20)9-10-24-21(19)23/h3-12H,1-2H3,(H2,23,24). The summed E-state index contributed by atoms with van der Waals surface area (Å²) < 4.78 is 20.8. The van der Waals surface area contributed by atoms with E-state index in [1.807, 2.05) is 0 Å². The van der Waals surface area contributed by atoms with Gasteiger partial charge in [-0.25, -0.2) is 9.37 Å². The number of rotatable bonds is 5. The largest absolute Gasteiger partial charge is 0.479 e. The van der Waals surface area contributed by atoms with E-state index < -0.39 is 11.0 Å². The molecule has 0 fully saturated rings. The number of pyridine rings is 1. The minimum atomic E-state index is -0.535. The van der Waals surface area contributed by atoms with Crippen molar-refractivity contribution in [2.45, 2.75) is 13.0 Å². The van der Waals surface area contributed by atoms with Gasteiger partial charge in [-0.1, -0.05) is 12.1 Å². The summed E-state index contributed by atoms with van der Waals surface area (Å²) in [6.07, 6.45) is 1.06. The molecule has 0 aliphatic rings. The molecule has 2 aromatic carbocycles. The molecule has 4 rings (SSSR count). The highest BCUT2D eigenvalue weighted by molar-refractivity contribution is 6.00. The van der Waals surface area contributed by atoms with Gasteiger partial charge in [-0.05, 0) is 42.8 Å². The molecule has 8 nitrogen and oxygen atoms in total. The first-order valence-corrected chi connectivity index (χ1v) is 9.13. The molecule has 2 N–H and O–H groups in total. The molecule has 0 radical (unpaired) electrons. The summed E-state index contributed by atoms with van der Waals surface area (Å²) >= 11 is 0. The topological polar surface area (TPSA) is 109 Å². The first kappa shape index (κ1) is 19.3. The van der Waals surface area contributed by atoms with Crippen molar-refractivity contribution in [2.75, 3.05) is 5.73 Å². The smallest absolute Gasteiger partial charge is 0.310 e. The fourth-order valence-electron chi connectivity index (χ4n) is 3.33. The zero-order valence-corrected chi connectivity index (χ0v) is 16.2. The number of nitro groups is 1. The van der Waals surface area contributed by atoms with Crippen molar-refractivity contribution in [3.63, 3.8) is 0 Å². The van der Waals surface area contributed by atoms with E-state index in [9.17, 15) is 14.5 Å². The number of benzene rings is 2. The van der Waals surface area contributed by atoms with Crippen LogP contribution in [-0.2, 0) is 7.05 Å². The molecular formula is C21H18FN5O3. The molecule has 2 aromatic heterocycles. The maximum absolute atomic E-state index is 13.2. The van der Waals surface area contributed by atoms with Crippen LogP contribution in [0.25, 0.3) is 22.2 Å². The highest BCUT2D eigenvalue weighted by atomic mass is 19.1. The second-order valence-electron chi connectivity index (χ2n) is 6.81. The van der Waals surface area contributed by atoms with E-state index in [1.165, 1.54) is 18.2 Å². The quantitative estimate of drug-likeness (QED) is 0.388. The first-order chi connectivity index (χ1) is 14.3. The van der Waals surface area contributed by atoms with Gasteiger partial charge in [-0.2, -0.15) is 5.10 Å². The van der Waals surface area contributed by atoms with E-state index in [0.29, 0.717) is 28.0 Å². The van der Waals surface area contributed by atoms with Crippen LogP contribution >= 0.6 is 0 Å². The van der Waals surface area contributed by atoms with Gasteiger partial charge in [0, 0.05) is 24.9 Å². The van der Waals surface area contributed by atoms with Gasteiger partial charge < -0.3 is 10.5 Å². The predicted octanol–water partition coefficient (Wildman–Crippen LogP) is 4.40. The van der Waals surface area contributed by atoms with Crippen molar-refractivity contribution in [3.8, 4) is 17.0 Å². The van der Waals surface area contributed by atoms with Crippen LogP contribution in [0.1, 0.15) is 18.6 Å². The third kappa shape index (κ3) is 3.41. The van der Waals surface area contributed by atoms with Crippen molar-refractivity contribution in [2.24, 2.45) is 7.05 Å². The third-order valence-electron chi connectivity index (χ3n) is 4.87. The average Bonchev–Trinajstić information content (AvgIpc) is 3.06. The molecule has 30 heavy (non-hydrogen) atoms. The lowest BCUT2D eigenvalue weighted by Crippen LogP contribution is -2.05. The van der Waals surface area contributed by atoms with Crippen molar-refractivity contribution in [3.05, 3.63) is 76.2 Å². The zero-order valence-electron chi connectivity index (χ0n) is 16.2. The van der Waals surface area contributed by atoms with E-state index in [1.54, 1.807) is 55.2 Å². The second-order valence-corrected chi connectivity index (χ2v) is 6.81. The Morgan fingerprint density at radius 2 is 1.93 bits per heavy atom. The van der Waals surface area contributed by atoms with Gasteiger partial charge >= 0.3 is 5.69 Å². The van der Waals surface area contributed by atoms with E-state index >= 15 is 0 Å². The molecule has 1 atom stereocenters. The molecule has 152 valence electrons. The second kappa shape index (κ2) is 7.43. The Labute approximate surface area is 170 Å². The molecule has 0 aliphatic carbocycles. The maximum Gasteiger partial charge on any atom is 0.310 e. The van der Waals surface area contributed by atoms with Gasteiger partial charge in [0.05, 0.1) is 15.8 Å². The fraction of sp³-hybridized carbons (Fsp3) is 0.143. The number of nitrogens with two attached hydrogens (primary N) is 1. The summed E-state index contributed by atoms with van der Waals surface area (Å²) in [4.78, 5) is 15.1. The molecule has 2 heterocycles. The molecule has 0 bridgehead atoms. The van der Waals surface area contributed by atoms with Gasteiger partial charge in [0.15, 0.2) is 5.75 Å². The SMILES string of the molecule is CC(Oc1cc(-c2nn(C)c3ccnc(N)c23)ccc1[N+](=O)[O-])c1ccc(F)cc1. The number of ether oxygens (including phenoxy) is 1. The van der Waals surface area contributed by atoms with Crippen LogP contribution in [0.4, 0.5) is 15.9 Å². The minimum absolute atomic E-state index is 0.0792. The molecule has 0 saturated heterocycles. The van der Waals surface area contributed by atoms with Crippen LogP contribution in [-0.4, -0.2) is 19.7 Å². The molecule has 0 spiro atoms. The Balaban J connectivity index is 1.79. The normalized spacial score (nSPS) is 12.1. The lowest BCUT2D eigenvalue weighted by atomic mass is 10.1. The van der Waals surface area contributed by atoms with Crippen molar-refractivity contribution >= 4 is 22.4 Å². The summed E-state index contributed by atoms with van der Waals surface area (Å²) in [7, 11) is 1.78. The molecular weight excluding hydrogens is 389 g/mol. The Morgan fingerprint density at radius 3 is 2.63 bits per heavy atom. The van der Waals surface area contributed by atoms with Crippen LogP contribution < -0.4 is 10.5 Å². The highest BCUT2D eigenvalue weighted by Gasteiger charge is 2.22. The number of nitrogen functional groups attached to an aromatic ring is 1. The monoisotopic (exact) mass is 407 g/mol. The molecule has 0 aliphatic heterocycles. The summed E-state index contributed by atoms with van der Waals surface area (Å²) in [5.74, 6) is 0.0267. The van der Waals surface area contributed by atoms with E-state index in [4.69, 9.17) is 10.5 Å². The van der Waals surface area contributed by atoms with E-state index in [2.05, 4.69) is 10.1 Å². The number of anilines is 1. The van der Waals surface area contributed by atoms with Gasteiger partial charge in [0.1, 0.15) is 23.4 Å². The van der Waals surface area contributed by atoms with Crippen LogP contribution in [0.3, 0.4) is 0 Å².